The molecule has 1 N–H and O–H groups in total. The molecule has 0 radical (unpaired) electrons. The van der Waals surface area contributed by atoms with Gasteiger partial charge in [-0.15, -0.1) is 11.8 Å². The molecular formula is C23H29FN2O4S2. The van der Waals surface area contributed by atoms with Crippen LogP contribution in [0.5, 0.6) is 5.75 Å². The number of sulfonamides is 1. The maximum Gasteiger partial charge on any atom is 0.243 e. The highest BCUT2D eigenvalue weighted by atomic mass is 32.2. The van der Waals surface area contributed by atoms with Crippen molar-refractivity contribution in [2.45, 2.75) is 49.9 Å². The number of anilines is 1. The number of nitrogens with one attached hydrogen (secondary N) is 1. The molecule has 0 unspecified atom stereocenters. The molecule has 1 heterocycles. The van der Waals surface area contributed by atoms with Gasteiger partial charge in [-0.25, -0.2) is 12.8 Å². The van der Waals surface area contributed by atoms with Crippen molar-refractivity contribution in [1.29, 1.82) is 0 Å². The van der Waals surface area contributed by atoms with Gasteiger partial charge in [0.05, 0.1) is 22.4 Å². The molecule has 0 saturated carbocycles. The third-order valence-corrected chi connectivity index (χ3v) is 7.85. The van der Waals surface area contributed by atoms with Gasteiger partial charge in [-0.2, -0.15) is 4.31 Å². The lowest BCUT2D eigenvalue weighted by molar-refractivity contribution is -0.113. The highest BCUT2D eigenvalue weighted by Gasteiger charge is 2.27. The third-order valence-electron chi connectivity index (χ3n) is 4.96. The molecule has 0 aromatic heterocycles. The average molecular weight is 481 g/mol. The standard InChI is InChI=1S/C23H29FN2O4S2/c1-17(2)30-22-11-10-20(32(28,29)26-12-4-3-5-13-26)14-21(22)25-23(27)16-31-15-18-6-8-19(24)9-7-18/h6-11,14,17H,3-5,12-13,15-16H2,1-2H3,(H,25,27). The van der Waals surface area contributed by atoms with Gasteiger partial charge < -0.3 is 10.1 Å². The number of hydrogen-bond acceptors (Lipinski definition) is 5. The number of hydrogen-bond donors (Lipinski definition) is 1. The monoisotopic (exact) mass is 480 g/mol. The quantitative estimate of drug-likeness (QED) is 0.565. The molecule has 6 nitrogen and oxygen atoms in total. The maximum atomic E-state index is 13.1. The normalized spacial score (nSPS) is 15.0. The lowest BCUT2D eigenvalue weighted by Gasteiger charge is -2.26. The van der Waals surface area contributed by atoms with Gasteiger partial charge in [-0.05, 0) is 62.6 Å². The number of ether oxygens (including phenoxy) is 1. The summed E-state index contributed by atoms with van der Waals surface area (Å²) in [5, 5.41) is 2.80. The molecule has 2 aromatic rings. The van der Waals surface area contributed by atoms with Crippen LogP contribution in [0, 0.1) is 5.82 Å². The highest BCUT2D eigenvalue weighted by molar-refractivity contribution is 7.99. The van der Waals surface area contributed by atoms with Crippen molar-refractivity contribution in [3.05, 3.63) is 53.8 Å². The molecule has 1 saturated heterocycles. The van der Waals surface area contributed by atoms with E-state index in [1.54, 1.807) is 18.2 Å². The number of carbonyl (C=O) groups excluding carboxylic acids is 1. The topological polar surface area (TPSA) is 75.7 Å². The summed E-state index contributed by atoms with van der Waals surface area (Å²) >= 11 is 1.39. The second-order valence-corrected chi connectivity index (χ2v) is 10.9. The molecule has 0 spiro atoms. The molecule has 1 fully saturated rings. The number of piperidine rings is 1. The number of benzene rings is 2. The van der Waals surface area contributed by atoms with Crippen molar-refractivity contribution < 1.29 is 22.3 Å². The lowest BCUT2D eigenvalue weighted by atomic mass is 10.2. The second kappa shape index (κ2) is 11.2. The van der Waals surface area contributed by atoms with E-state index in [1.807, 2.05) is 13.8 Å². The van der Waals surface area contributed by atoms with Crippen LogP contribution in [-0.2, 0) is 20.6 Å². The van der Waals surface area contributed by atoms with E-state index in [4.69, 9.17) is 4.74 Å². The van der Waals surface area contributed by atoms with Crippen LogP contribution in [0.2, 0.25) is 0 Å². The molecule has 0 atom stereocenters. The van der Waals surface area contributed by atoms with Gasteiger partial charge in [0, 0.05) is 18.8 Å². The summed E-state index contributed by atoms with van der Waals surface area (Å²) in [5.41, 5.74) is 1.26. The summed E-state index contributed by atoms with van der Waals surface area (Å²) in [4.78, 5) is 12.7. The number of thioether (sulfide) groups is 1. The smallest absolute Gasteiger partial charge is 0.243 e. The summed E-state index contributed by atoms with van der Waals surface area (Å²) < 4.78 is 46.4. The first-order valence-corrected chi connectivity index (χ1v) is 13.3. The van der Waals surface area contributed by atoms with Crippen molar-refractivity contribution in [2.75, 3.05) is 24.2 Å². The Morgan fingerprint density at radius 3 is 2.47 bits per heavy atom. The lowest BCUT2D eigenvalue weighted by Crippen LogP contribution is -2.35. The van der Waals surface area contributed by atoms with Crippen molar-refractivity contribution in [1.82, 2.24) is 4.31 Å². The van der Waals surface area contributed by atoms with E-state index >= 15 is 0 Å². The van der Waals surface area contributed by atoms with Gasteiger partial charge in [0.1, 0.15) is 11.6 Å². The van der Waals surface area contributed by atoms with E-state index in [0.29, 0.717) is 30.3 Å². The summed E-state index contributed by atoms with van der Waals surface area (Å²) in [7, 11) is -3.63. The zero-order valence-corrected chi connectivity index (χ0v) is 20.0. The van der Waals surface area contributed by atoms with Crippen molar-refractivity contribution in [3.63, 3.8) is 0 Å². The predicted octanol–water partition coefficient (Wildman–Crippen LogP) is 4.66. The van der Waals surface area contributed by atoms with Gasteiger partial charge in [-0.1, -0.05) is 18.6 Å². The Bertz CT molecular complexity index is 1020. The van der Waals surface area contributed by atoms with Gasteiger partial charge in [0.25, 0.3) is 0 Å². The van der Waals surface area contributed by atoms with Crippen LogP contribution in [0.4, 0.5) is 10.1 Å². The van der Waals surface area contributed by atoms with Gasteiger partial charge >= 0.3 is 0 Å². The number of rotatable bonds is 9. The first-order chi connectivity index (χ1) is 15.3. The Morgan fingerprint density at radius 2 is 1.81 bits per heavy atom. The number of carbonyl (C=O) groups is 1. The van der Waals surface area contributed by atoms with Crippen molar-refractivity contribution in [3.8, 4) is 5.75 Å². The second-order valence-electron chi connectivity index (χ2n) is 7.96. The summed E-state index contributed by atoms with van der Waals surface area (Å²) in [6, 6.07) is 10.7. The number of halogens is 1. The maximum absolute atomic E-state index is 13.1. The molecular weight excluding hydrogens is 451 g/mol. The molecule has 174 valence electrons. The molecule has 1 aliphatic heterocycles. The van der Waals surface area contributed by atoms with E-state index in [9.17, 15) is 17.6 Å². The van der Waals surface area contributed by atoms with Gasteiger partial charge in [-0.3, -0.25) is 4.79 Å². The third kappa shape index (κ3) is 6.70. The molecule has 0 bridgehead atoms. The Morgan fingerprint density at radius 1 is 1.12 bits per heavy atom. The molecule has 1 aliphatic rings. The summed E-state index contributed by atoms with van der Waals surface area (Å²) in [5.74, 6) is 0.592. The van der Waals surface area contributed by atoms with E-state index in [1.165, 1.54) is 40.3 Å². The Kier molecular flexibility index (Phi) is 8.56. The predicted molar refractivity (Wildman–Crippen MR) is 126 cm³/mol. The fourth-order valence-electron chi connectivity index (χ4n) is 3.41. The largest absolute Gasteiger partial charge is 0.489 e. The van der Waals surface area contributed by atoms with Crippen molar-refractivity contribution in [2.24, 2.45) is 0 Å². The fraction of sp³-hybridized carbons (Fsp3) is 0.435. The van der Waals surface area contributed by atoms with E-state index in [-0.39, 0.29) is 28.5 Å². The Balaban J connectivity index is 1.71. The summed E-state index contributed by atoms with van der Waals surface area (Å²) in [6.07, 6.45) is 2.60. The minimum atomic E-state index is -3.63. The average Bonchev–Trinajstić information content (AvgIpc) is 2.76. The zero-order valence-electron chi connectivity index (χ0n) is 18.3. The van der Waals surface area contributed by atoms with Crippen LogP contribution in [-0.4, -0.2) is 43.6 Å². The van der Waals surface area contributed by atoms with Crippen LogP contribution in [0.15, 0.2) is 47.4 Å². The molecule has 3 rings (SSSR count). The van der Waals surface area contributed by atoms with Crippen LogP contribution in [0.3, 0.4) is 0 Å². The highest BCUT2D eigenvalue weighted by Crippen LogP contribution is 2.31. The minimum Gasteiger partial charge on any atom is -0.489 e. The Hall–Kier alpha value is -2.10. The first-order valence-electron chi connectivity index (χ1n) is 10.7. The SMILES string of the molecule is CC(C)Oc1ccc(S(=O)(=O)N2CCCCC2)cc1NC(=O)CSCc1ccc(F)cc1. The van der Waals surface area contributed by atoms with Crippen molar-refractivity contribution >= 4 is 33.4 Å². The number of nitrogens with zero attached hydrogens (tertiary/aromatic N) is 1. The molecule has 32 heavy (non-hydrogen) atoms. The molecule has 2 aromatic carbocycles. The van der Waals surface area contributed by atoms with E-state index < -0.39 is 10.0 Å². The molecule has 9 heteroatoms. The molecule has 0 aliphatic carbocycles. The van der Waals surface area contributed by atoms with Gasteiger partial charge in [0.2, 0.25) is 15.9 Å². The van der Waals surface area contributed by atoms with E-state index in [2.05, 4.69) is 5.32 Å². The Labute approximate surface area is 193 Å². The van der Waals surface area contributed by atoms with Crippen LogP contribution < -0.4 is 10.1 Å². The van der Waals surface area contributed by atoms with Crippen LogP contribution in [0.1, 0.15) is 38.7 Å². The van der Waals surface area contributed by atoms with Crippen LogP contribution in [0.25, 0.3) is 0 Å². The fourth-order valence-corrected chi connectivity index (χ4v) is 5.74. The minimum absolute atomic E-state index is 0.136. The number of amides is 1. The zero-order chi connectivity index (χ0) is 23.1. The first kappa shape index (κ1) is 24.5. The van der Waals surface area contributed by atoms with E-state index in [0.717, 1.165) is 24.8 Å². The van der Waals surface area contributed by atoms with Gasteiger partial charge in [0.15, 0.2) is 0 Å². The van der Waals surface area contributed by atoms with Crippen LogP contribution >= 0.6 is 11.8 Å². The summed E-state index contributed by atoms with van der Waals surface area (Å²) in [6.45, 7) is 4.74. The molecule has 1 amide bonds.